The summed E-state index contributed by atoms with van der Waals surface area (Å²) in [6, 6.07) is 16.4. The van der Waals surface area contributed by atoms with Crippen molar-refractivity contribution in [2.45, 2.75) is 32.2 Å². The third-order valence-corrected chi connectivity index (χ3v) is 5.66. The van der Waals surface area contributed by atoms with Gasteiger partial charge in [-0.25, -0.2) is 0 Å². The van der Waals surface area contributed by atoms with E-state index >= 15 is 0 Å². The molecule has 0 unspecified atom stereocenters. The number of benzene rings is 2. The lowest BCUT2D eigenvalue weighted by Gasteiger charge is -2.32. The Morgan fingerprint density at radius 3 is 2.74 bits per heavy atom. The fourth-order valence-corrected chi connectivity index (χ4v) is 4.05. The Balaban J connectivity index is 1.52. The molecule has 4 rings (SSSR count). The normalized spacial score (nSPS) is 15.3. The highest BCUT2D eigenvalue weighted by Crippen LogP contribution is 2.30. The number of carbonyl (C=O) groups excluding carboxylic acids is 1. The summed E-state index contributed by atoms with van der Waals surface area (Å²) in [5.41, 5.74) is 10.9. The predicted octanol–water partition coefficient (Wildman–Crippen LogP) is 4.02. The van der Waals surface area contributed by atoms with Crippen LogP contribution in [0.25, 0.3) is 10.9 Å². The summed E-state index contributed by atoms with van der Waals surface area (Å²) in [5.74, 6) is 0.585. The summed E-state index contributed by atoms with van der Waals surface area (Å²) in [6.07, 6.45) is 3.73. The van der Waals surface area contributed by atoms with E-state index in [1.54, 1.807) is 6.20 Å². The molecule has 1 fully saturated rings. The van der Waals surface area contributed by atoms with Crippen molar-refractivity contribution < 1.29 is 4.79 Å². The van der Waals surface area contributed by atoms with E-state index in [0.29, 0.717) is 18.0 Å². The highest BCUT2D eigenvalue weighted by atomic mass is 16.2. The highest BCUT2D eigenvalue weighted by Gasteiger charge is 2.26. The summed E-state index contributed by atoms with van der Waals surface area (Å²) >= 11 is 0. The second-order valence-corrected chi connectivity index (χ2v) is 7.35. The zero-order valence-corrected chi connectivity index (χ0v) is 15.7. The average Bonchev–Trinajstić information content (AvgIpc) is 2.74. The Labute approximate surface area is 160 Å². The highest BCUT2D eigenvalue weighted by molar-refractivity contribution is 6.06. The van der Waals surface area contributed by atoms with Crippen LogP contribution in [0, 0.1) is 6.92 Å². The Morgan fingerprint density at radius 2 is 1.96 bits per heavy atom. The number of amides is 1. The molecule has 138 valence electrons. The summed E-state index contributed by atoms with van der Waals surface area (Å²) in [6.45, 7) is 4.18. The van der Waals surface area contributed by atoms with Gasteiger partial charge in [0, 0.05) is 31.2 Å². The number of piperidine rings is 1. The van der Waals surface area contributed by atoms with E-state index in [4.69, 9.17) is 5.73 Å². The van der Waals surface area contributed by atoms with Gasteiger partial charge in [-0.3, -0.25) is 9.78 Å². The molecule has 2 heterocycles. The van der Waals surface area contributed by atoms with E-state index in [0.717, 1.165) is 42.4 Å². The number of aryl methyl sites for hydroxylation is 1. The molecular formula is C23H25N3O. The van der Waals surface area contributed by atoms with Crippen molar-refractivity contribution in [1.29, 1.82) is 0 Å². The summed E-state index contributed by atoms with van der Waals surface area (Å²) in [4.78, 5) is 19.6. The number of nitrogens with zero attached hydrogens (tertiary/aromatic N) is 2. The molecule has 0 radical (unpaired) electrons. The van der Waals surface area contributed by atoms with Gasteiger partial charge < -0.3 is 10.6 Å². The molecule has 1 aromatic heterocycles. The molecule has 4 nitrogen and oxygen atoms in total. The van der Waals surface area contributed by atoms with Crippen LogP contribution in [0.1, 0.15) is 45.8 Å². The molecule has 1 aliphatic rings. The van der Waals surface area contributed by atoms with Gasteiger partial charge in [0.25, 0.3) is 5.91 Å². The Bertz CT molecular complexity index is 974. The molecule has 1 amide bonds. The van der Waals surface area contributed by atoms with Gasteiger partial charge in [0.15, 0.2) is 0 Å². The van der Waals surface area contributed by atoms with Crippen LogP contribution in [-0.4, -0.2) is 28.9 Å². The molecule has 3 aromatic rings. The van der Waals surface area contributed by atoms with Crippen LogP contribution in [0.3, 0.4) is 0 Å². The molecule has 1 saturated heterocycles. The van der Waals surface area contributed by atoms with E-state index in [2.05, 4.69) is 36.2 Å². The number of carbonyl (C=O) groups is 1. The third-order valence-electron chi connectivity index (χ3n) is 5.66. The number of rotatable bonds is 3. The zero-order valence-electron chi connectivity index (χ0n) is 15.7. The predicted molar refractivity (Wildman–Crippen MR) is 109 cm³/mol. The van der Waals surface area contributed by atoms with Gasteiger partial charge in [0.1, 0.15) is 0 Å². The zero-order chi connectivity index (χ0) is 18.8. The van der Waals surface area contributed by atoms with Crippen molar-refractivity contribution in [1.82, 2.24) is 9.88 Å². The quantitative estimate of drug-likeness (QED) is 0.768. The van der Waals surface area contributed by atoms with Crippen LogP contribution >= 0.6 is 0 Å². The molecule has 0 saturated carbocycles. The van der Waals surface area contributed by atoms with E-state index in [1.807, 2.05) is 29.2 Å². The van der Waals surface area contributed by atoms with Crippen LogP contribution in [0.2, 0.25) is 0 Å². The minimum atomic E-state index is 0.0906. The van der Waals surface area contributed by atoms with E-state index in [1.165, 1.54) is 11.1 Å². The van der Waals surface area contributed by atoms with Crippen LogP contribution in [0.15, 0.2) is 54.7 Å². The molecule has 2 N–H and O–H groups in total. The number of aromatic nitrogens is 1. The first-order valence-electron chi connectivity index (χ1n) is 9.60. The van der Waals surface area contributed by atoms with Crippen molar-refractivity contribution in [3.63, 3.8) is 0 Å². The molecule has 1 aliphatic heterocycles. The maximum absolute atomic E-state index is 13.1. The van der Waals surface area contributed by atoms with Gasteiger partial charge in [0.2, 0.25) is 0 Å². The van der Waals surface area contributed by atoms with Gasteiger partial charge in [-0.15, -0.1) is 0 Å². The lowest BCUT2D eigenvalue weighted by atomic mass is 9.88. The number of nitrogens with two attached hydrogens (primary N) is 1. The van der Waals surface area contributed by atoms with Crippen LogP contribution < -0.4 is 5.73 Å². The Morgan fingerprint density at radius 1 is 1.15 bits per heavy atom. The van der Waals surface area contributed by atoms with Gasteiger partial charge in [-0.05, 0) is 54.5 Å². The van der Waals surface area contributed by atoms with Gasteiger partial charge >= 0.3 is 0 Å². The van der Waals surface area contributed by atoms with Gasteiger partial charge in [0.05, 0.1) is 11.1 Å². The lowest BCUT2D eigenvalue weighted by molar-refractivity contribution is 0.0715. The first-order valence-corrected chi connectivity index (χ1v) is 9.60. The standard InChI is InChI=1S/C23H25N3O/c1-16-7-8-21(22-20(16)6-3-11-25-22)23(27)26-12-9-18(10-13-26)19-5-2-4-17(14-19)15-24/h2-8,11,14,18H,9-10,12-13,15,24H2,1H3. The second kappa shape index (κ2) is 7.49. The van der Waals surface area contributed by atoms with Gasteiger partial charge in [-0.2, -0.15) is 0 Å². The molecule has 27 heavy (non-hydrogen) atoms. The van der Waals surface area contributed by atoms with Crippen molar-refractivity contribution in [2.24, 2.45) is 5.73 Å². The fourth-order valence-electron chi connectivity index (χ4n) is 4.05. The first kappa shape index (κ1) is 17.7. The van der Waals surface area contributed by atoms with E-state index in [9.17, 15) is 4.79 Å². The Hall–Kier alpha value is -2.72. The molecular weight excluding hydrogens is 334 g/mol. The summed E-state index contributed by atoms with van der Waals surface area (Å²) in [5, 5.41) is 1.05. The molecule has 0 aliphatic carbocycles. The molecule has 0 bridgehead atoms. The van der Waals surface area contributed by atoms with Crippen molar-refractivity contribution in [3.8, 4) is 0 Å². The minimum Gasteiger partial charge on any atom is -0.339 e. The third kappa shape index (κ3) is 3.45. The smallest absolute Gasteiger partial charge is 0.256 e. The van der Waals surface area contributed by atoms with Crippen LogP contribution in [-0.2, 0) is 6.54 Å². The second-order valence-electron chi connectivity index (χ2n) is 7.35. The number of likely N-dealkylation sites (tertiary alicyclic amines) is 1. The number of pyridine rings is 1. The average molecular weight is 359 g/mol. The maximum atomic E-state index is 13.1. The lowest BCUT2D eigenvalue weighted by Crippen LogP contribution is -2.38. The van der Waals surface area contributed by atoms with Crippen LogP contribution in [0.5, 0.6) is 0 Å². The van der Waals surface area contributed by atoms with E-state index < -0.39 is 0 Å². The molecule has 2 aromatic carbocycles. The number of hydrogen-bond acceptors (Lipinski definition) is 3. The van der Waals surface area contributed by atoms with E-state index in [-0.39, 0.29) is 5.91 Å². The van der Waals surface area contributed by atoms with Crippen molar-refractivity contribution >= 4 is 16.8 Å². The van der Waals surface area contributed by atoms with Crippen molar-refractivity contribution in [2.75, 3.05) is 13.1 Å². The largest absolute Gasteiger partial charge is 0.339 e. The summed E-state index contributed by atoms with van der Waals surface area (Å²) < 4.78 is 0. The topological polar surface area (TPSA) is 59.2 Å². The first-order chi connectivity index (χ1) is 13.2. The van der Waals surface area contributed by atoms with Crippen LogP contribution in [0.4, 0.5) is 0 Å². The molecule has 4 heteroatoms. The number of hydrogen-bond donors (Lipinski definition) is 1. The Kier molecular flexibility index (Phi) is 4.90. The fraction of sp³-hybridized carbons (Fsp3) is 0.304. The molecule has 0 spiro atoms. The molecule has 0 atom stereocenters. The van der Waals surface area contributed by atoms with Gasteiger partial charge in [-0.1, -0.05) is 36.4 Å². The monoisotopic (exact) mass is 359 g/mol. The minimum absolute atomic E-state index is 0.0906. The summed E-state index contributed by atoms with van der Waals surface area (Å²) in [7, 11) is 0. The van der Waals surface area contributed by atoms with Crippen molar-refractivity contribution in [3.05, 3.63) is 77.0 Å². The maximum Gasteiger partial charge on any atom is 0.256 e. The number of fused-ring (bicyclic) bond motifs is 1. The SMILES string of the molecule is Cc1ccc(C(=O)N2CCC(c3cccc(CN)c3)CC2)c2ncccc12.